The molecule has 1 atom stereocenters. The van der Waals surface area contributed by atoms with Crippen LogP contribution in [0.4, 0.5) is 5.69 Å². The first-order chi connectivity index (χ1) is 8.70. The average molecular weight is 304 g/mol. The quantitative estimate of drug-likeness (QED) is 0.837. The van der Waals surface area contributed by atoms with E-state index in [1.54, 1.807) is 0 Å². The predicted molar refractivity (Wildman–Crippen MR) is 81.0 cm³/mol. The minimum absolute atomic E-state index is 0. The van der Waals surface area contributed by atoms with Crippen molar-refractivity contribution >= 4 is 36.0 Å². The fourth-order valence-electron chi connectivity index (χ4n) is 2.23. The summed E-state index contributed by atoms with van der Waals surface area (Å²) in [6, 6.07) is 8.12. The van der Waals surface area contributed by atoms with Crippen molar-refractivity contribution in [1.82, 2.24) is 4.90 Å². The summed E-state index contributed by atoms with van der Waals surface area (Å²) in [5.74, 6) is 0. The molecule has 1 aromatic carbocycles. The third kappa shape index (κ3) is 4.35. The second-order valence-electron chi connectivity index (χ2n) is 4.56. The van der Waals surface area contributed by atoms with Gasteiger partial charge in [0, 0.05) is 19.1 Å². The van der Waals surface area contributed by atoms with Crippen LogP contribution >= 0.6 is 24.0 Å². The molecule has 1 aliphatic rings. The van der Waals surface area contributed by atoms with E-state index in [1.165, 1.54) is 0 Å². The molecular weight excluding hydrogens is 285 g/mol. The summed E-state index contributed by atoms with van der Waals surface area (Å²) >= 11 is 6.11. The van der Waals surface area contributed by atoms with Crippen molar-refractivity contribution in [2.75, 3.05) is 18.4 Å². The van der Waals surface area contributed by atoms with Crippen molar-refractivity contribution in [3.8, 4) is 0 Å². The van der Waals surface area contributed by atoms with Crippen LogP contribution in [0, 0.1) is 0 Å². The first kappa shape index (κ1) is 16.2. The average Bonchev–Trinajstić information content (AvgIpc) is 2.41. The number of carbonyl (C=O) groups excluding carboxylic acids is 1. The molecule has 1 aromatic rings. The Bertz CT molecular complexity index is 409. The zero-order chi connectivity index (χ0) is 13.0. The second kappa shape index (κ2) is 7.70. The van der Waals surface area contributed by atoms with E-state index >= 15 is 0 Å². The minimum Gasteiger partial charge on any atom is -0.381 e. The van der Waals surface area contributed by atoms with E-state index in [9.17, 15) is 4.79 Å². The summed E-state index contributed by atoms with van der Waals surface area (Å²) in [7, 11) is 0. The molecule has 1 fully saturated rings. The molecule has 6 heteroatoms. The fourth-order valence-corrected chi connectivity index (χ4v) is 2.42. The molecule has 0 bridgehead atoms. The highest BCUT2D eigenvalue weighted by atomic mass is 35.5. The van der Waals surface area contributed by atoms with Crippen LogP contribution in [0.25, 0.3) is 0 Å². The van der Waals surface area contributed by atoms with Crippen LogP contribution in [0.2, 0.25) is 5.02 Å². The Kier molecular flexibility index (Phi) is 6.58. The van der Waals surface area contributed by atoms with Gasteiger partial charge in [0.25, 0.3) is 0 Å². The van der Waals surface area contributed by atoms with Gasteiger partial charge in [0.15, 0.2) is 6.29 Å². The fraction of sp³-hybridized carbons (Fsp3) is 0.462. The topological polar surface area (TPSA) is 58.4 Å². The van der Waals surface area contributed by atoms with Gasteiger partial charge in [-0.3, -0.25) is 4.90 Å². The van der Waals surface area contributed by atoms with Gasteiger partial charge in [0.1, 0.15) is 6.17 Å². The maximum absolute atomic E-state index is 10.6. The molecule has 106 valence electrons. The van der Waals surface area contributed by atoms with Gasteiger partial charge in [-0.15, -0.1) is 12.4 Å². The van der Waals surface area contributed by atoms with Crippen molar-refractivity contribution in [3.05, 3.63) is 29.3 Å². The summed E-state index contributed by atoms with van der Waals surface area (Å²) < 4.78 is 0. The van der Waals surface area contributed by atoms with E-state index in [0.29, 0.717) is 6.04 Å². The van der Waals surface area contributed by atoms with Crippen LogP contribution in [-0.2, 0) is 4.79 Å². The predicted octanol–water partition coefficient (Wildman–Crippen LogP) is 2.12. The number of likely N-dealkylation sites (tertiary alicyclic amines) is 1. The van der Waals surface area contributed by atoms with Crippen LogP contribution < -0.4 is 11.1 Å². The number of carbonyl (C=O) groups is 1. The van der Waals surface area contributed by atoms with Crippen LogP contribution in [0.1, 0.15) is 12.8 Å². The zero-order valence-electron chi connectivity index (χ0n) is 10.6. The second-order valence-corrected chi connectivity index (χ2v) is 4.97. The Morgan fingerprint density at radius 1 is 1.37 bits per heavy atom. The number of piperidine rings is 1. The molecule has 0 saturated carbocycles. The Balaban J connectivity index is 0.00000180. The molecule has 3 N–H and O–H groups in total. The Morgan fingerprint density at radius 3 is 2.58 bits per heavy atom. The third-order valence-corrected chi connectivity index (χ3v) is 3.65. The van der Waals surface area contributed by atoms with Gasteiger partial charge in [-0.2, -0.15) is 0 Å². The molecule has 0 radical (unpaired) electrons. The van der Waals surface area contributed by atoms with E-state index in [-0.39, 0.29) is 12.4 Å². The number of benzene rings is 1. The number of nitrogens with zero attached hydrogens (tertiary/aromatic N) is 1. The largest absolute Gasteiger partial charge is 0.381 e. The van der Waals surface area contributed by atoms with E-state index in [0.717, 1.165) is 42.9 Å². The number of para-hydroxylation sites is 1. The molecule has 4 nitrogen and oxygen atoms in total. The van der Waals surface area contributed by atoms with Crippen molar-refractivity contribution in [2.45, 2.75) is 25.0 Å². The summed E-state index contributed by atoms with van der Waals surface area (Å²) in [5, 5.41) is 4.18. The number of nitrogens with one attached hydrogen (secondary N) is 1. The maximum Gasteiger partial charge on any atom is 0.151 e. The van der Waals surface area contributed by atoms with E-state index in [2.05, 4.69) is 5.32 Å². The first-order valence-electron chi connectivity index (χ1n) is 6.16. The third-order valence-electron chi connectivity index (χ3n) is 3.32. The highest BCUT2D eigenvalue weighted by Gasteiger charge is 2.22. The number of rotatable bonds is 4. The summed E-state index contributed by atoms with van der Waals surface area (Å²) in [5.41, 5.74) is 6.66. The molecular formula is C13H19Cl2N3O. The lowest BCUT2D eigenvalue weighted by molar-refractivity contribution is -0.112. The zero-order valence-corrected chi connectivity index (χ0v) is 12.2. The van der Waals surface area contributed by atoms with Crippen LogP contribution in [-0.4, -0.2) is 36.5 Å². The SMILES string of the molecule is Cl.NC(C=O)N1CCC(Nc2ccccc2Cl)CC1. The summed E-state index contributed by atoms with van der Waals surface area (Å²) in [6.45, 7) is 1.67. The van der Waals surface area contributed by atoms with E-state index < -0.39 is 6.17 Å². The number of aldehydes is 1. The highest BCUT2D eigenvalue weighted by molar-refractivity contribution is 6.33. The molecule has 1 aliphatic heterocycles. The molecule has 1 unspecified atom stereocenters. The number of nitrogens with two attached hydrogens (primary N) is 1. The van der Waals surface area contributed by atoms with Crippen molar-refractivity contribution in [2.24, 2.45) is 5.73 Å². The number of hydrogen-bond donors (Lipinski definition) is 2. The van der Waals surface area contributed by atoms with Crippen molar-refractivity contribution in [1.29, 1.82) is 0 Å². The normalized spacial score (nSPS) is 18.4. The molecule has 0 aromatic heterocycles. The molecule has 0 aliphatic carbocycles. The smallest absolute Gasteiger partial charge is 0.151 e. The molecule has 0 amide bonds. The van der Waals surface area contributed by atoms with Crippen LogP contribution in [0.15, 0.2) is 24.3 Å². The van der Waals surface area contributed by atoms with Gasteiger partial charge in [0.05, 0.1) is 10.7 Å². The molecule has 1 heterocycles. The Morgan fingerprint density at radius 2 is 2.00 bits per heavy atom. The van der Waals surface area contributed by atoms with Gasteiger partial charge < -0.3 is 15.8 Å². The summed E-state index contributed by atoms with van der Waals surface area (Å²) in [4.78, 5) is 12.6. The number of anilines is 1. The van der Waals surface area contributed by atoms with Crippen molar-refractivity contribution in [3.63, 3.8) is 0 Å². The van der Waals surface area contributed by atoms with E-state index in [4.69, 9.17) is 17.3 Å². The van der Waals surface area contributed by atoms with Gasteiger partial charge >= 0.3 is 0 Å². The lowest BCUT2D eigenvalue weighted by Gasteiger charge is -2.34. The highest BCUT2D eigenvalue weighted by Crippen LogP contribution is 2.24. The number of hydrogen-bond acceptors (Lipinski definition) is 4. The van der Waals surface area contributed by atoms with Gasteiger partial charge in [0.2, 0.25) is 0 Å². The first-order valence-corrected chi connectivity index (χ1v) is 6.54. The van der Waals surface area contributed by atoms with Gasteiger partial charge in [-0.05, 0) is 25.0 Å². The monoisotopic (exact) mass is 303 g/mol. The molecule has 1 saturated heterocycles. The van der Waals surface area contributed by atoms with Crippen LogP contribution in [0.5, 0.6) is 0 Å². The van der Waals surface area contributed by atoms with Gasteiger partial charge in [-0.1, -0.05) is 23.7 Å². The van der Waals surface area contributed by atoms with Crippen molar-refractivity contribution < 1.29 is 4.79 Å². The Hall–Kier alpha value is -0.810. The summed E-state index contributed by atoms with van der Waals surface area (Å²) in [6.07, 6.45) is 2.26. The van der Waals surface area contributed by atoms with E-state index in [1.807, 2.05) is 29.2 Å². The molecule has 19 heavy (non-hydrogen) atoms. The van der Waals surface area contributed by atoms with Gasteiger partial charge in [-0.25, -0.2) is 0 Å². The lowest BCUT2D eigenvalue weighted by atomic mass is 10.0. The molecule has 0 spiro atoms. The van der Waals surface area contributed by atoms with Crippen LogP contribution in [0.3, 0.4) is 0 Å². The number of halogens is 2. The standard InChI is InChI=1S/C13H18ClN3O.ClH/c14-11-3-1-2-4-12(11)16-10-5-7-17(8-6-10)13(15)9-18;/h1-4,9-10,13,16H,5-8,15H2;1H. The molecule has 2 rings (SSSR count). The lowest BCUT2D eigenvalue weighted by Crippen LogP contribution is -2.49. The minimum atomic E-state index is -0.466. The Labute approximate surface area is 124 Å². The maximum atomic E-state index is 10.6.